The highest BCUT2D eigenvalue weighted by atomic mass is 32.1. The van der Waals surface area contributed by atoms with Gasteiger partial charge in [0.05, 0.1) is 18.4 Å². The normalized spacial score (nSPS) is 13.8. The molecule has 10 heteroatoms. The fourth-order valence-corrected chi connectivity index (χ4v) is 3.44. The molecule has 0 bridgehead atoms. The van der Waals surface area contributed by atoms with Crippen molar-refractivity contribution < 1.29 is 9.59 Å². The first kappa shape index (κ1) is 16.4. The topological polar surface area (TPSA) is 105 Å². The zero-order chi connectivity index (χ0) is 17.3. The van der Waals surface area contributed by atoms with Crippen molar-refractivity contribution in [2.24, 2.45) is 7.05 Å². The van der Waals surface area contributed by atoms with E-state index in [0.29, 0.717) is 30.3 Å². The summed E-state index contributed by atoms with van der Waals surface area (Å²) in [5.74, 6) is -0.144. The van der Waals surface area contributed by atoms with Gasteiger partial charge in [-0.2, -0.15) is 0 Å². The van der Waals surface area contributed by atoms with Gasteiger partial charge in [0.15, 0.2) is 10.8 Å². The Bertz CT molecular complexity index is 767. The average molecular weight is 349 g/mol. The highest BCUT2D eigenvalue weighted by Gasteiger charge is 2.26. The maximum absolute atomic E-state index is 12.4. The molecule has 1 aliphatic heterocycles. The van der Waals surface area contributed by atoms with Crippen molar-refractivity contribution in [3.8, 4) is 0 Å². The monoisotopic (exact) mass is 349 g/mol. The fraction of sp³-hybridized carbons (Fsp3) is 0.500. The van der Waals surface area contributed by atoms with Crippen molar-refractivity contribution in [3.63, 3.8) is 0 Å². The number of fused-ring (bicyclic) bond motifs is 1. The second-order valence-electron chi connectivity index (χ2n) is 5.90. The highest BCUT2D eigenvalue weighted by Crippen LogP contribution is 2.28. The van der Waals surface area contributed by atoms with Crippen LogP contribution < -0.4 is 10.6 Å². The van der Waals surface area contributed by atoms with Crippen LogP contribution in [0.3, 0.4) is 0 Å². The van der Waals surface area contributed by atoms with Crippen LogP contribution in [-0.2, 0) is 20.0 Å². The number of aromatic nitrogens is 4. The van der Waals surface area contributed by atoms with Crippen molar-refractivity contribution in [1.82, 2.24) is 30.2 Å². The van der Waals surface area contributed by atoms with Gasteiger partial charge in [-0.3, -0.25) is 14.8 Å². The summed E-state index contributed by atoms with van der Waals surface area (Å²) in [6.07, 6.45) is 2.26. The molecule has 0 radical (unpaired) electrons. The molecule has 24 heavy (non-hydrogen) atoms. The average Bonchev–Trinajstić information content (AvgIpc) is 3.10. The van der Waals surface area contributed by atoms with Crippen molar-refractivity contribution in [1.29, 1.82) is 0 Å². The molecule has 0 atom stereocenters. The Balaban J connectivity index is 1.67. The van der Waals surface area contributed by atoms with Crippen LogP contribution in [0.25, 0.3) is 0 Å². The third kappa shape index (κ3) is 3.53. The molecule has 9 nitrogen and oxygen atoms in total. The van der Waals surface area contributed by atoms with Gasteiger partial charge in [0.25, 0.3) is 5.91 Å². The lowest BCUT2D eigenvalue weighted by Gasteiger charge is -2.25. The van der Waals surface area contributed by atoms with Gasteiger partial charge >= 0.3 is 6.03 Å². The van der Waals surface area contributed by atoms with E-state index in [0.717, 1.165) is 10.6 Å². The molecule has 1 aliphatic rings. The van der Waals surface area contributed by atoms with Gasteiger partial charge in [0, 0.05) is 30.9 Å². The largest absolute Gasteiger partial charge is 0.336 e. The Labute approximate surface area is 143 Å². The Morgan fingerprint density at radius 1 is 1.38 bits per heavy atom. The number of hydrogen-bond donors (Lipinski definition) is 2. The molecular formula is C14H19N7O2S. The van der Waals surface area contributed by atoms with Gasteiger partial charge in [-0.25, -0.2) is 9.78 Å². The lowest BCUT2D eigenvalue weighted by Crippen LogP contribution is -2.35. The number of nitrogens with one attached hydrogen (secondary N) is 2. The molecule has 0 fully saturated rings. The molecule has 0 aromatic carbocycles. The van der Waals surface area contributed by atoms with Crippen LogP contribution in [0.5, 0.6) is 0 Å². The second kappa shape index (κ2) is 6.56. The molecule has 3 heterocycles. The van der Waals surface area contributed by atoms with Crippen LogP contribution in [0, 0.1) is 0 Å². The first-order valence-corrected chi connectivity index (χ1v) is 8.45. The van der Waals surface area contributed by atoms with E-state index < -0.39 is 0 Å². The first-order valence-electron chi connectivity index (χ1n) is 7.64. The molecule has 2 N–H and O–H groups in total. The van der Waals surface area contributed by atoms with E-state index in [-0.39, 0.29) is 18.0 Å². The summed E-state index contributed by atoms with van der Waals surface area (Å²) in [6, 6.07) is -0.219. The summed E-state index contributed by atoms with van der Waals surface area (Å²) in [5, 5.41) is 13.7. The van der Waals surface area contributed by atoms with E-state index in [9.17, 15) is 9.59 Å². The lowest BCUT2D eigenvalue weighted by molar-refractivity contribution is 0.0730. The Kier molecular flexibility index (Phi) is 4.47. The van der Waals surface area contributed by atoms with E-state index >= 15 is 0 Å². The highest BCUT2D eigenvalue weighted by molar-refractivity contribution is 7.15. The van der Waals surface area contributed by atoms with Crippen LogP contribution >= 0.6 is 11.3 Å². The fourth-order valence-electron chi connectivity index (χ4n) is 2.43. The van der Waals surface area contributed by atoms with E-state index in [1.54, 1.807) is 18.1 Å². The van der Waals surface area contributed by atoms with Gasteiger partial charge in [0.2, 0.25) is 0 Å². The Hall–Kier alpha value is -2.49. The van der Waals surface area contributed by atoms with Crippen LogP contribution in [0.4, 0.5) is 9.93 Å². The van der Waals surface area contributed by atoms with Gasteiger partial charge in [-0.15, -0.1) is 5.10 Å². The minimum atomic E-state index is -0.274. The van der Waals surface area contributed by atoms with Crippen LogP contribution in [-0.4, -0.2) is 49.4 Å². The maximum atomic E-state index is 12.4. The number of amides is 3. The first-order chi connectivity index (χ1) is 11.4. The van der Waals surface area contributed by atoms with E-state index in [1.165, 1.54) is 16.0 Å². The molecule has 128 valence electrons. The SMILES string of the molecule is CC(C)NC(=O)Nc1nc2c(s1)CN(C(=O)c1cn(C)nn1)CC2. The number of urea groups is 1. The standard InChI is InChI=1S/C14H19N7O2S/c1-8(2)15-13(23)17-14-16-9-4-5-21(7-11(9)24-14)12(22)10-6-20(3)19-18-10/h6,8H,4-5,7H2,1-3H3,(H2,15,16,17,23). The Morgan fingerprint density at radius 3 is 2.83 bits per heavy atom. The smallest absolute Gasteiger partial charge is 0.321 e. The van der Waals surface area contributed by atoms with E-state index in [2.05, 4.69) is 25.9 Å². The lowest BCUT2D eigenvalue weighted by atomic mass is 10.1. The molecular weight excluding hydrogens is 330 g/mol. The molecule has 3 rings (SSSR count). The number of nitrogens with zero attached hydrogens (tertiary/aromatic N) is 5. The molecule has 0 unspecified atom stereocenters. The summed E-state index contributed by atoms with van der Waals surface area (Å²) in [5.41, 5.74) is 1.27. The molecule has 2 aromatic rings. The van der Waals surface area contributed by atoms with Crippen LogP contribution in [0.15, 0.2) is 6.20 Å². The third-order valence-corrected chi connectivity index (χ3v) is 4.48. The summed E-state index contributed by atoms with van der Waals surface area (Å²) < 4.78 is 1.50. The molecule has 0 spiro atoms. The van der Waals surface area contributed by atoms with Crippen LogP contribution in [0.2, 0.25) is 0 Å². The predicted molar refractivity (Wildman–Crippen MR) is 88.9 cm³/mol. The number of aryl methyl sites for hydroxylation is 1. The van der Waals surface area contributed by atoms with Gasteiger partial charge < -0.3 is 10.2 Å². The third-order valence-electron chi connectivity index (χ3n) is 3.48. The van der Waals surface area contributed by atoms with Crippen molar-refractivity contribution in [2.75, 3.05) is 11.9 Å². The molecule has 2 aromatic heterocycles. The summed E-state index contributed by atoms with van der Waals surface area (Å²) >= 11 is 1.39. The summed E-state index contributed by atoms with van der Waals surface area (Å²) in [4.78, 5) is 31.4. The zero-order valence-electron chi connectivity index (χ0n) is 13.7. The quantitative estimate of drug-likeness (QED) is 0.860. The maximum Gasteiger partial charge on any atom is 0.321 e. The number of rotatable bonds is 3. The second-order valence-corrected chi connectivity index (χ2v) is 6.98. The van der Waals surface area contributed by atoms with Crippen LogP contribution in [0.1, 0.15) is 34.9 Å². The predicted octanol–water partition coefficient (Wildman–Crippen LogP) is 1.000. The van der Waals surface area contributed by atoms with Gasteiger partial charge in [-0.1, -0.05) is 16.6 Å². The zero-order valence-corrected chi connectivity index (χ0v) is 14.6. The van der Waals surface area contributed by atoms with Crippen molar-refractivity contribution >= 4 is 28.4 Å². The number of carbonyl (C=O) groups is 2. The Morgan fingerprint density at radius 2 is 2.17 bits per heavy atom. The summed E-state index contributed by atoms with van der Waals surface area (Å²) in [7, 11) is 1.72. The molecule has 0 saturated heterocycles. The van der Waals surface area contributed by atoms with Gasteiger partial charge in [-0.05, 0) is 13.8 Å². The number of carbonyl (C=O) groups excluding carboxylic acids is 2. The minimum Gasteiger partial charge on any atom is -0.336 e. The van der Waals surface area contributed by atoms with E-state index in [4.69, 9.17) is 0 Å². The van der Waals surface area contributed by atoms with Crippen molar-refractivity contribution in [2.45, 2.75) is 32.9 Å². The molecule has 0 aliphatic carbocycles. The summed E-state index contributed by atoms with van der Waals surface area (Å²) in [6.45, 7) is 4.82. The minimum absolute atomic E-state index is 0.0553. The number of anilines is 1. The van der Waals surface area contributed by atoms with Gasteiger partial charge in [0.1, 0.15) is 0 Å². The number of thiazole rings is 1. The number of hydrogen-bond acceptors (Lipinski definition) is 6. The molecule has 3 amide bonds. The van der Waals surface area contributed by atoms with Crippen molar-refractivity contribution in [3.05, 3.63) is 22.5 Å². The van der Waals surface area contributed by atoms with E-state index in [1.807, 2.05) is 13.8 Å². The molecule has 0 saturated carbocycles.